The first-order chi connectivity index (χ1) is 11.6. The minimum absolute atomic E-state index is 0.0307. The summed E-state index contributed by atoms with van der Waals surface area (Å²) < 4.78 is 10.7. The maximum absolute atomic E-state index is 12.1. The van der Waals surface area contributed by atoms with Crippen LogP contribution in [0, 0.1) is 0 Å². The number of ether oxygens (including phenoxy) is 2. The molecule has 24 heavy (non-hydrogen) atoms. The quantitative estimate of drug-likeness (QED) is 0.834. The molecule has 1 fully saturated rings. The van der Waals surface area contributed by atoms with Gasteiger partial charge in [0.15, 0.2) is 18.1 Å². The minimum Gasteiger partial charge on any atom is -0.493 e. The van der Waals surface area contributed by atoms with Crippen LogP contribution in [0.15, 0.2) is 48.5 Å². The molecular formula is C19H20ClNO3. The SMILES string of the molecule is COc1ccccc1OCC(=O)NCC1(c2ccc(Cl)cc2)CC1. The normalized spacial score (nSPS) is 14.8. The Balaban J connectivity index is 1.52. The van der Waals surface area contributed by atoms with E-state index in [0.717, 1.165) is 17.9 Å². The number of carbonyl (C=O) groups excluding carboxylic acids is 1. The third-order valence-corrected chi connectivity index (χ3v) is 4.61. The van der Waals surface area contributed by atoms with Crippen LogP contribution in [-0.4, -0.2) is 26.2 Å². The van der Waals surface area contributed by atoms with Gasteiger partial charge in [-0.2, -0.15) is 0 Å². The van der Waals surface area contributed by atoms with Gasteiger partial charge in [-0.1, -0.05) is 35.9 Å². The number of nitrogens with one attached hydrogen (secondary N) is 1. The van der Waals surface area contributed by atoms with Crippen molar-refractivity contribution < 1.29 is 14.3 Å². The molecule has 0 aromatic heterocycles. The minimum atomic E-state index is -0.138. The number of amides is 1. The summed E-state index contributed by atoms with van der Waals surface area (Å²) in [5.41, 5.74) is 1.27. The maximum Gasteiger partial charge on any atom is 0.257 e. The van der Waals surface area contributed by atoms with Crippen LogP contribution in [0.1, 0.15) is 18.4 Å². The van der Waals surface area contributed by atoms with Crippen LogP contribution in [0.25, 0.3) is 0 Å². The lowest BCUT2D eigenvalue weighted by Gasteiger charge is -2.17. The van der Waals surface area contributed by atoms with Gasteiger partial charge < -0.3 is 14.8 Å². The highest BCUT2D eigenvalue weighted by molar-refractivity contribution is 6.30. The average Bonchev–Trinajstić information content (AvgIpc) is 3.40. The van der Waals surface area contributed by atoms with E-state index in [1.54, 1.807) is 19.2 Å². The van der Waals surface area contributed by atoms with E-state index in [1.165, 1.54) is 5.56 Å². The Hall–Kier alpha value is -2.20. The highest BCUT2D eigenvalue weighted by atomic mass is 35.5. The van der Waals surface area contributed by atoms with E-state index in [9.17, 15) is 4.79 Å². The van der Waals surface area contributed by atoms with E-state index in [-0.39, 0.29) is 17.9 Å². The number of halogens is 1. The molecule has 0 radical (unpaired) electrons. The number of rotatable bonds is 7. The first-order valence-electron chi connectivity index (χ1n) is 7.91. The van der Waals surface area contributed by atoms with E-state index >= 15 is 0 Å². The first-order valence-corrected chi connectivity index (χ1v) is 8.29. The van der Waals surface area contributed by atoms with Crippen LogP contribution in [0.5, 0.6) is 11.5 Å². The summed E-state index contributed by atoms with van der Waals surface area (Å²) in [6.07, 6.45) is 2.14. The lowest BCUT2D eigenvalue weighted by Crippen LogP contribution is -2.35. The van der Waals surface area contributed by atoms with Gasteiger partial charge in [-0.05, 0) is 42.7 Å². The Bertz CT molecular complexity index is 711. The van der Waals surface area contributed by atoms with Gasteiger partial charge in [0.05, 0.1) is 7.11 Å². The Morgan fingerprint density at radius 3 is 2.42 bits per heavy atom. The van der Waals surface area contributed by atoms with Crippen molar-refractivity contribution in [2.45, 2.75) is 18.3 Å². The molecule has 0 unspecified atom stereocenters. The van der Waals surface area contributed by atoms with Crippen molar-refractivity contribution in [3.05, 3.63) is 59.1 Å². The molecule has 0 spiro atoms. The zero-order chi connectivity index (χ0) is 17.0. The molecule has 3 rings (SSSR count). The average molecular weight is 346 g/mol. The lowest BCUT2D eigenvalue weighted by molar-refractivity contribution is -0.123. The number of benzene rings is 2. The molecule has 0 atom stereocenters. The second-order valence-corrected chi connectivity index (χ2v) is 6.44. The fraction of sp³-hybridized carbons (Fsp3) is 0.316. The Labute approximate surface area is 146 Å². The molecule has 0 heterocycles. The molecule has 0 bridgehead atoms. The van der Waals surface area contributed by atoms with Crippen LogP contribution in [0.4, 0.5) is 0 Å². The molecule has 4 nitrogen and oxygen atoms in total. The number of para-hydroxylation sites is 2. The molecular weight excluding hydrogens is 326 g/mol. The van der Waals surface area contributed by atoms with Crippen LogP contribution >= 0.6 is 11.6 Å². The van der Waals surface area contributed by atoms with Crippen molar-refractivity contribution in [1.29, 1.82) is 0 Å². The number of hydrogen-bond donors (Lipinski definition) is 1. The molecule has 1 aliphatic carbocycles. The van der Waals surface area contributed by atoms with Gasteiger partial charge in [0.1, 0.15) is 0 Å². The summed E-state index contributed by atoms with van der Waals surface area (Å²) in [6, 6.07) is 15.1. The first kappa shape index (κ1) is 16.7. The van der Waals surface area contributed by atoms with Crippen molar-refractivity contribution in [3.63, 3.8) is 0 Å². The number of carbonyl (C=O) groups is 1. The fourth-order valence-corrected chi connectivity index (χ4v) is 2.85. The van der Waals surface area contributed by atoms with Gasteiger partial charge in [-0.25, -0.2) is 0 Å². The summed E-state index contributed by atoms with van der Waals surface area (Å²) in [6.45, 7) is 0.583. The zero-order valence-electron chi connectivity index (χ0n) is 13.5. The molecule has 2 aromatic carbocycles. The molecule has 1 amide bonds. The van der Waals surface area contributed by atoms with Crippen LogP contribution in [0.2, 0.25) is 5.02 Å². The second kappa shape index (κ2) is 7.14. The van der Waals surface area contributed by atoms with Gasteiger partial charge in [0.2, 0.25) is 0 Å². The summed E-state index contributed by atoms with van der Waals surface area (Å²) >= 11 is 5.94. The Morgan fingerprint density at radius 2 is 1.79 bits per heavy atom. The van der Waals surface area contributed by atoms with Crippen molar-refractivity contribution in [3.8, 4) is 11.5 Å². The highest BCUT2D eigenvalue weighted by Gasteiger charge is 2.44. The predicted octanol–water partition coefficient (Wildman–Crippen LogP) is 3.58. The van der Waals surface area contributed by atoms with E-state index in [4.69, 9.17) is 21.1 Å². The summed E-state index contributed by atoms with van der Waals surface area (Å²) in [5.74, 6) is 1.04. The summed E-state index contributed by atoms with van der Waals surface area (Å²) in [4.78, 5) is 12.1. The molecule has 0 aliphatic heterocycles. The molecule has 126 valence electrons. The largest absolute Gasteiger partial charge is 0.493 e. The maximum atomic E-state index is 12.1. The fourth-order valence-electron chi connectivity index (χ4n) is 2.72. The van der Waals surface area contributed by atoms with E-state index in [0.29, 0.717) is 18.0 Å². The van der Waals surface area contributed by atoms with Crippen LogP contribution < -0.4 is 14.8 Å². The summed E-state index contributed by atoms with van der Waals surface area (Å²) in [5, 5.41) is 3.69. The Kier molecular flexibility index (Phi) is 4.95. The molecule has 2 aromatic rings. The molecule has 1 aliphatic rings. The highest BCUT2D eigenvalue weighted by Crippen LogP contribution is 2.47. The van der Waals surface area contributed by atoms with Crippen LogP contribution in [0.3, 0.4) is 0 Å². The zero-order valence-corrected chi connectivity index (χ0v) is 14.3. The van der Waals surface area contributed by atoms with Gasteiger partial charge >= 0.3 is 0 Å². The smallest absolute Gasteiger partial charge is 0.257 e. The van der Waals surface area contributed by atoms with E-state index < -0.39 is 0 Å². The number of methoxy groups -OCH3 is 1. The van der Waals surface area contributed by atoms with E-state index in [2.05, 4.69) is 5.32 Å². The summed E-state index contributed by atoms with van der Waals surface area (Å²) in [7, 11) is 1.57. The molecule has 5 heteroatoms. The topological polar surface area (TPSA) is 47.6 Å². The third kappa shape index (κ3) is 3.82. The van der Waals surface area contributed by atoms with Gasteiger partial charge in [0.25, 0.3) is 5.91 Å². The number of hydrogen-bond acceptors (Lipinski definition) is 3. The monoisotopic (exact) mass is 345 g/mol. The van der Waals surface area contributed by atoms with Crippen molar-refractivity contribution >= 4 is 17.5 Å². The predicted molar refractivity (Wildman–Crippen MR) is 93.9 cm³/mol. The third-order valence-electron chi connectivity index (χ3n) is 4.36. The van der Waals surface area contributed by atoms with E-state index in [1.807, 2.05) is 36.4 Å². The molecule has 1 saturated carbocycles. The van der Waals surface area contributed by atoms with Crippen molar-refractivity contribution in [1.82, 2.24) is 5.32 Å². The Morgan fingerprint density at radius 1 is 1.12 bits per heavy atom. The van der Waals surface area contributed by atoms with Gasteiger partial charge in [-0.3, -0.25) is 4.79 Å². The van der Waals surface area contributed by atoms with Gasteiger partial charge in [0, 0.05) is 17.0 Å². The van der Waals surface area contributed by atoms with Crippen LogP contribution in [-0.2, 0) is 10.2 Å². The second-order valence-electron chi connectivity index (χ2n) is 6.00. The van der Waals surface area contributed by atoms with Crippen molar-refractivity contribution in [2.75, 3.05) is 20.3 Å². The standard InChI is InChI=1S/C19H20ClNO3/c1-23-16-4-2-3-5-17(16)24-12-18(22)21-13-19(10-11-19)14-6-8-15(20)9-7-14/h2-9H,10-13H2,1H3,(H,21,22). The van der Waals surface area contributed by atoms with Crippen molar-refractivity contribution in [2.24, 2.45) is 0 Å². The molecule has 0 saturated heterocycles. The van der Waals surface area contributed by atoms with Gasteiger partial charge in [-0.15, -0.1) is 0 Å². The lowest BCUT2D eigenvalue weighted by atomic mass is 9.96. The molecule has 1 N–H and O–H groups in total.